The third kappa shape index (κ3) is 2.31. The van der Waals surface area contributed by atoms with Gasteiger partial charge in [0, 0.05) is 34.1 Å². The molecule has 0 saturated heterocycles. The molecule has 23 heavy (non-hydrogen) atoms. The van der Waals surface area contributed by atoms with Crippen LogP contribution in [0.4, 0.5) is 5.69 Å². The van der Waals surface area contributed by atoms with Crippen LogP contribution in [-0.2, 0) is 0 Å². The minimum Gasteiger partial charge on any atom is -0.366 e. The highest BCUT2D eigenvalue weighted by Gasteiger charge is 2.32. The molecular weight excluding hydrogens is 290 g/mol. The van der Waals surface area contributed by atoms with Gasteiger partial charge < -0.3 is 11.1 Å². The third-order valence-electron chi connectivity index (χ3n) is 3.88. The number of amides is 2. The van der Waals surface area contributed by atoms with E-state index in [-0.39, 0.29) is 18.4 Å². The highest BCUT2D eigenvalue weighted by atomic mass is 16.2. The van der Waals surface area contributed by atoms with E-state index in [2.05, 4.69) is 18.5 Å². The molecule has 1 atom stereocenters. The number of nitrogens with zero attached hydrogens (tertiary/aromatic N) is 1. The van der Waals surface area contributed by atoms with Crippen LogP contribution in [0.5, 0.6) is 0 Å². The fraction of sp³-hybridized carbons (Fsp3) is 0.111. The topological polar surface area (TPSA) is 75.4 Å². The molecule has 116 valence electrons. The summed E-state index contributed by atoms with van der Waals surface area (Å²) in [4.78, 5) is 26.4. The van der Waals surface area contributed by atoms with Gasteiger partial charge in [-0.05, 0) is 18.2 Å². The summed E-state index contributed by atoms with van der Waals surface area (Å²) >= 11 is 0. The Hall–Kier alpha value is -2.92. The molecule has 2 aromatic carbocycles. The second-order valence-electron chi connectivity index (χ2n) is 5.30. The van der Waals surface area contributed by atoms with Crippen molar-refractivity contribution in [1.82, 2.24) is 4.90 Å². The molecule has 2 aromatic rings. The van der Waals surface area contributed by atoms with Crippen molar-refractivity contribution < 1.29 is 9.59 Å². The standard InChI is InChI=1S/C18H17N3O2/c1-3-10-21-17(22)12-7-5-6-11-14(20-15(19)4-2)9-8-13(16(11)12)18(21)23/h3-9,15,20H,1-2,10,19H2. The smallest absolute Gasteiger partial charge is 0.261 e. The van der Waals surface area contributed by atoms with Gasteiger partial charge in [-0.3, -0.25) is 14.5 Å². The highest BCUT2D eigenvalue weighted by Crippen LogP contribution is 2.34. The number of carbonyl (C=O) groups is 2. The Morgan fingerprint density at radius 3 is 2.48 bits per heavy atom. The van der Waals surface area contributed by atoms with Crippen molar-refractivity contribution in [1.29, 1.82) is 0 Å². The maximum absolute atomic E-state index is 12.6. The second kappa shape index (κ2) is 5.70. The lowest BCUT2D eigenvalue weighted by molar-refractivity contribution is 0.0629. The predicted octanol–water partition coefficient (Wildman–Crippen LogP) is 2.50. The minimum atomic E-state index is -0.417. The van der Waals surface area contributed by atoms with Crippen LogP contribution in [-0.4, -0.2) is 29.4 Å². The molecule has 0 radical (unpaired) electrons. The molecule has 3 N–H and O–H groups in total. The number of hydrogen-bond donors (Lipinski definition) is 2. The van der Waals surface area contributed by atoms with Gasteiger partial charge in [0.05, 0.1) is 6.17 Å². The zero-order chi connectivity index (χ0) is 16.6. The van der Waals surface area contributed by atoms with E-state index in [9.17, 15) is 9.59 Å². The molecule has 3 rings (SSSR count). The van der Waals surface area contributed by atoms with Gasteiger partial charge in [-0.2, -0.15) is 0 Å². The fourth-order valence-electron chi connectivity index (χ4n) is 2.81. The number of nitrogens with two attached hydrogens (primary N) is 1. The Bertz CT molecular complexity index is 819. The summed E-state index contributed by atoms with van der Waals surface area (Å²) in [6.45, 7) is 7.44. The first-order chi connectivity index (χ1) is 11.1. The molecule has 0 aromatic heterocycles. The van der Waals surface area contributed by atoms with Gasteiger partial charge in [-0.15, -0.1) is 6.58 Å². The summed E-state index contributed by atoms with van der Waals surface area (Å²) < 4.78 is 0. The first-order valence-electron chi connectivity index (χ1n) is 7.26. The van der Waals surface area contributed by atoms with Crippen LogP contribution in [0.3, 0.4) is 0 Å². The van der Waals surface area contributed by atoms with E-state index in [1.165, 1.54) is 4.90 Å². The largest absolute Gasteiger partial charge is 0.366 e. The van der Waals surface area contributed by atoms with Gasteiger partial charge in [-0.25, -0.2) is 0 Å². The molecule has 0 saturated carbocycles. The van der Waals surface area contributed by atoms with Gasteiger partial charge in [0.2, 0.25) is 0 Å². The zero-order valence-electron chi connectivity index (χ0n) is 12.6. The maximum atomic E-state index is 12.6. The molecule has 0 bridgehead atoms. The van der Waals surface area contributed by atoms with Crippen molar-refractivity contribution in [2.45, 2.75) is 6.17 Å². The summed E-state index contributed by atoms with van der Waals surface area (Å²) in [5.41, 5.74) is 7.63. The van der Waals surface area contributed by atoms with Gasteiger partial charge in [0.25, 0.3) is 11.8 Å². The van der Waals surface area contributed by atoms with E-state index >= 15 is 0 Å². The molecule has 5 nitrogen and oxygen atoms in total. The van der Waals surface area contributed by atoms with E-state index < -0.39 is 6.17 Å². The first-order valence-corrected chi connectivity index (χ1v) is 7.26. The van der Waals surface area contributed by atoms with Gasteiger partial charge in [-0.1, -0.05) is 30.9 Å². The Balaban J connectivity index is 2.23. The Kier molecular flexibility index (Phi) is 3.72. The normalized spacial score (nSPS) is 14.7. The Morgan fingerprint density at radius 2 is 1.83 bits per heavy atom. The molecule has 0 aliphatic carbocycles. The molecule has 5 heteroatoms. The van der Waals surface area contributed by atoms with Crippen molar-refractivity contribution in [3.05, 3.63) is 66.8 Å². The lowest BCUT2D eigenvalue weighted by Crippen LogP contribution is -2.40. The van der Waals surface area contributed by atoms with Gasteiger partial charge in [0.15, 0.2) is 0 Å². The number of anilines is 1. The predicted molar refractivity (Wildman–Crippen MR) is 91.3 cm³/mol. The summed E-state index contributed by atoms with van der Waals surface area (Å²) in [5, 5.41) is 4.56. The average Bonchev–Trinajstić information content (AvgIpc) is 2.57. The molecule has 1 heterocycles. The average molecular weight is 307 g/mol. The van der Waals surface area contributed by atoms with Crippen LogP contribution < -0.4 is 11.1 Å². The van der Waals surface area contributed by atoms with Gasteiger partial charge in [0.1, 0.15) is 0 Å². The summed E-state index contributed by atoms with van der Waals surface area (Å²) in [5.74, 6) is -0.615. The number of hydrogen-bond acceptors (Lipinski definition) is 4. The lowest BCUT2D eigenvalue weighted by atomic mass is 9.93. The fourth-order valence-corrected chi connectivity index (χ4v) is 2.81. The lowest BCUT2D eigenvalue weighted by Gasteiger charge is -2.27. The van der Waals surface area contributed by atoms with Crippen LogP contribution in [0.15, 0.2) is 55.6 Å². The maximum Gasteiger partial charge on any atom is 0.261 e. The molecule has 1 aliphatic rings. The Morgan fingerprint density at radius 1 is 1.13 bits per heavy atom. The van der Waals surface area contributed by atoms with Crippen LogP contribution in [0.25, 0.3) is 10.8 Å². The second-order valence-corrected chi connectivity index (χ2v) is 5.30. The van der Waals surface area contributed by atoms with Crippen LogP contribution in [0.2, 0.25) is 0 Å². The van der Waals surface area contributed by atoms with E-state index in [1.807, 2.05) is 6.07 Å². The summed E-state index contributed by atoms with van der Waals surface area (Å²) in [6.07, 6.45) is 2.71. The summed E-state index contributed by atoms with van der Waals surface area (Å²) in [7, 11) is 0. The van der Waals surface area contributed by atoms with E-state index in [0.717, 1.165) is 11.1 Å². The Labute approximate surface area is 134 Å². The molecule has 0 fully saturated rings. The summed E-state index contributed by atoms with van der Waals surface area (Å²) in [6, 6.07) is 8.91. The van der Waals surface area contributed by atoms with Crippen molar-refractivity contribution in [3.8, 4) is 0 Å². The molecule has 0 spiro atoms. The molecule has 2 amide bonds. The number of carbonyl (C=O) groups excluding carboxylic acids is 2. The van der Waals surface area contributed by atoms with Crippen molar-refractivity contribution in [2.24, 2.45) is 5.73 Å². The van der Waals surface area contributed by atoms with E-state index in [0.29, 0.717) is 16.5 Å². The minimum absolute atomic E-state index is 0.189. The van der Waals surface area contributed by atoms with Crippen molar-refractivity contribution in [3.63, 3.8) is 0 Å². The van der Waals surface area contributed by atoms with Gasteiger partial charge >= 0.3 is 0 Å². The zero-order valence-corrected chi connectivity index (χ0v) is 12.6. The number of benzene rings is 2. The van der Waals surface area contributed by atoms with Crippen molar-refractivity contribution >= 4 is 28.3 Å². The number of imide groups is 1. The van der Waals surface area contributed by atoms with E-state index in [4.69, 9.17) is 5.73 Å². The highest BCUT2D eigenvalue weighted by molar-refractivity contribution is 6.26. The van der Waals surface area contributed by atoms with E-state index in [1.54, 1.807) is 36.4 Å². The number of rotatable bonds is 5. The van der Waals surface area contributed by atoms with Crippen molar-refractivity contribution in [2.75, 3.05) is 11.9 Å². The first kappa shape index (κ1) is 15.0. The quantitative estimate of drug-likeness (QED) is 0.505. The SMILES string of the molecule is C=CCN1C(=O)c2cccc3c(NC(N)C=C)ccc(c23)C1=O. The van der Waals surface area contributed by atoms with Crippen LogP contribution in [0.1, 0.15) is 20.7 Å². The third-order valence-corrected chi connectivity index (χ3v) is 3.88. The van der Waals surface area contributed by atoms with Crippen LogP contribution >= 0.6 is 0 Å². The molecule has 1 aliphatic heterocycles. The monoisotopic (exact) mass is 307 g/mol. The molecular formula is C18H17N3O2. The van der Waals surface area contributed by atoms with Crippen LogP contribution in [0, 0.1) is 0 Å². The molecule has 1 unspecified atom stereocenters. The number of nitrogens with one attached hydrogen (secondary N) is 1.